The first-order valence-corrected chi connectivity index (χ1v) is 7.10. The summed E-state index contributed by atoms with van der Waals surface area (Å²) in [4.78, 5) is 25.9. The number of carbonyl (C=O) groups is 2. The van der Waals surface area contributed by atoms with Crippen LogP contribution in [0.3, 0.4) is 0 Å². The highest BCUT2D eigenvalue weighted by Crippen LogP contribution is 2.40. The molecule has 1 N–H and O–H groups in total. The van der Waals surface area contributed by atoms with Gasteiger partial charge >= 0.3 is 0 Å². The Kier molecular flexibility index (Phi) is 5.63. The third kappa shape index (κ3) is 4.00. The van der Waals surface area contributed by atoms with Crippen molar-refractivity contribution < 1.29 is 9.59 Å². The topological polar surface area (TPSA) is 49.4 Å². The zero-order valence-corrected chi connectivity index (χ0v) is 12.0. The lowest BCUT2D eigenvalue weighted by molar-refractivity contribution is -0.134. The van der Waals surface area contributed by atoms with Gasteiger partial charge in [-0.3, -0.25) is 9.59 Å². The van der Waals surface area contributed by atoms with Crippen LogP contribution in [-0.2, 0) is 9.59 Å². The molecule has 0 aromatic heterocycles. The molecule has 2 unspecified atom stereocenters. The van der Waals surface area contributed by atoms with E-state index in [1.807, 2.05) is 18.7 Å². The van der Waals surface area contributed by atoms with E-state index in [9.17, 15) is 9.59 Å². The summed E-state index contributed by atoms with van der Waals surface area (Å²) in [6, 6.07) is 0.149. The normalized spacial score (nSPS) is 21.8. The molecule has 0 aliphatic heterocycles. The van der Waals surface area contributed by atoms with Crippen LogP contribution < -0.4 is 5.32 Å². The van der Waals surface area contributed by atoms with Crippen LogP contribution in [0.4, 0.5) is 0 Å². The largest absolute Gasteiger partial charge is 0.354 e. The average molecular weight is 254 g/mol. The summed E-state index contributed by atoms with van der Waals surface area (Å²) < 4.78 is 0. The molecule has 0 spiro atoms. The fraction of sp³-hybridized carbons (Fsp3) is 0.857. The van der Waals surface area contributed by atoms with Crippen molar-refractivity contribution >= 4 is 11.8 Å². The van der Waals surface area contributed by atoms with E-state index in [1.54, 1.807) is 0 Å². The molecule has 0 aromatic carbocycles. The molecule has 1 saturated carbocycles. The van der Waals surface area contributed by atoms with Crippen LogP contribution in [0.1, 0.15) is 47.0 Å². The SMILES string of the molecule is CCCN(CCC)C(=O)C1CC1C(=O)NC(C)C. The number of hydrogen-bond acceptors (Lipinski definition) is 2. The molecule has 4 heteroatoms. The number of nitrogens with one attached hydrogen (secondary N) is 1. The number of hydrogen-bond donors (Lipinski definition) is 1. The van der Waals surface area contributed by atoms with Crippen molar-refractivity contribution in [2.75, 3.05) is 13.1 Å². The molecule has 104 valence electrons. The second-order valence-corrected chi connectivity index (χ2v) is 5.44. The van der Waals surface area contributed by atoms with Crippen LogP contribution in [-0.4, -0.2) is 35.8 Å². The van der Waals surface area contributed by atoms with Gasteiger partial charge in [-0.05, 0) is 33.1 Å². The van der Waals surface area contributed by atoms with Crippen molar-refractivity contribution in [3.63, 3.8) is 0 Å². The highest BCUT2D eigenvalue weighted by Gasteiger charge is 2.49. The Morgan fingerprint density at radius 2 is 1.72 bits per heavy atom. The summed E-state index contributed by atoms with van der Waals surface area (Å²) in [5.41, 5.74) is 0. The maximum absolute atomic E-state index is 12.2. The van der Waals surface area contributed by atoms with Gasteiger partial charge in [-0.1, -0.05) is 13.8 Å². The van der Waals surface area contributed by atoms with Gasteiger partial charge in [-0.25, -0.2) is 0 Å². The Bertz CT molecular complexity index is 296. The highest BCUT2D eigenvalue weighted by molar-refractivity contribution is 5.92. The van der Waals surface area contributed by atoms with Gasteiger partial charge in [0.05, 0.1) is 11.8 Å². The van der Waals surface area contributed by atoms with E-state index in [1.165, 1.54) is 0 Å². The first kappa shape index (κ1) is 15.0. The minimum absolute atomic E-state index is 0.0382. The predicted molar refractivity (Wildman–Crippen MR) is 72.0 cm³/mol. The Morgan fingerprint density at radius 1 is 1.17 bits per heavy atom. The fourth-order valence-electron chi connectivity index (χ4n) is 2.26. The molecule has 1 aliphatic carbocycles. The lowest BCUT2D eigenvalue weighted by Gasteiger charge is -2.21. The molecule has 0 heterocycles. The van der Waals surface area contributed by atoms with E-state index in [4.69, 9.17) is 0 Å². The summed E-state index contributed by atoms with van der Waals surface area (Å²) >= 11 is 0. The van der Waals surface area contributed by atoms with E-state index in [2.05, 4.69) is 19.2 Å². The van der Waals surface area contributed by atoms with Crippen molar-refractivity contribution in [2.45, 2.75) is 53.0 Å². The molecular formula is C14H26N2O2. The summed E-state index contributed by atoms with van der Waals surface area (Å²) in [6.07, 6.45) is 2.67. The van der Waals surface area contributed by atoms with Crippen LogP contribution >= 0.6 is 0 Å². The van der Waals surface area contributed by atoms with Crippen LogP contribution in [0.2, 0.25) is 0 Å². The lowest BCUT2D eigenvalue weighted by Crippen LogP contribution is -2.36. The molecule has 2 amide bonds. The maximum atomic E-state index is 12.2. The van der Waals surface area contributed by atoms with E-state index in [-0.39, 0.29) is 29.7 Å². The second kappa shape index (κ2) is 6.76. The zero-order chi connectivity index (χ0) is 13.7. The molecule has 1 rings (SSSR count). The number of nitrogens with zero attached hydrogens (tertiary/aromatic N) is 1. The molecule has 1 fully saturated rings. The predicted octanol–water partition coefficient (Wildman–Crippen LogP) is 1.80. The second-order valence-electron chi connectivity index (χ2n) is 5.44. The van der Waals surface area contributed by atoms with Crippen LogP contribution in [0.5, 0.6) is 0 Å². The van der Waals surface area contributed by atoms with Crippen molar-refractivity contribution in [1.29, 1.82) is 0 Å². The minimum atomic E-state index is -0.0869. The summed E-state index contributed by atoms with van der Waals surface area (Å²) in [6.45, 7) is 9.65. The lowest BCUT2D eigenvalue weighted by atomic mass is 10.2. The molecule has 2 atom stereocenters. The summed E-state index contributed by atoms with van der Waals surface area (Å²) in [5, 5.41) is 2.88. The molecule has 1 aliphatic rings. The van der Waals surface area contributed by atoms with Gasteiger partial charge in [0.15, 0.2) is 0 Å². The van der Waals surface area contributed by atoms with Gasteiger partial charge in [0.2, 0.25) is 11.8 Å². The molecule has 0 aromatic rings. The van der Waals surface area contributed by atoms with Crippen molar-refractivity contribution in [2.24, 2.45) is 11.8 Å². The number of rotatable bonds is 7. The Labute approximate surface area is 110 Å². The monoisotopic (exact) mass is 254 g/mol. The van der Waals surface area contributed by atoms with Gasteiger partial charge in [0, 0.05) is 19.1 Å². The maximum Gasteiger partial charge on any atom is 0.226 e. The quantitative estimate of drug-likeness (QED) is 0.753. The van der Waals surface area contributed by atoms with Crippen molar-refractivity contribution in [3.05, 3.63) is 0 Å². The fourth-order valence-corrected chi connectivity index (χ4v) is 2.26. The first-order valence-electron chi connectivity index (χ1n) is 7.10. The first-order chi connectivity index (χ1) is 8.51. The van der Waals surface area contributed by atoms with Crippen molar-refractivity contribution in [3.8, 4) is 0 Å². The van der Waals surface area contributed by atoms with Crippen LogP contribution in [0, 0.1) is 11.8 Å². The van der Waals surface area contributed by atoms with Crippen molar-refractivity contribution in [1.82, 2.24) is 10.2 Å². The smallest absolute Gasteiger partial charge is 0.226 e. The molecular weight excluding hydrogens is 228 g/mol. The van der Waals surface area contributed by atoms with Crippen LogP contribution in [0.25, 0.3) is 0 Å². The third-order valence-electron chi connectivity index (χ3n) is 3.17. The highest BCUT2D eigenvalue weighted by atomic mass is 16.2. The summed E-state index contributed by atoms with van der Waals surface area (Å²) in [5.74, 6) is 0.0527. The Hall–Kier alpha value is -1.06. The van der Waals surface area contributed by atoms with E-state index in [0.717, 1.165) is 32.4 Å². The minimum Gasteiger partial charge on any atom is -0.354 e. The summed E-state index contributed by atoms with van der Waals surface area (Å²) in [7, 11) is 0. The third-order valence-corrected chi connectivity index (χ3v) is 3.17. The van der Waals surface area contributed by atoms with E-state index >= 15 is 0 Å². The standard InChI is InChI=1S/C14H26N2O2/c1-5-7-16(8-6-2)14(18)12-9-11(12)13(17)15-10(3)4/h10-12H,5-9H2,1-4H3,(H,15,17). The number of carbonyl (C=O) groups excluding carboxylic acids is 2. The van der Waals surface area contributed by atoms with E-state index < -0.39 is 0 Å². The van der Waals surface area contributed by atoms with Gasteiger partial charge < -0.3 is 10.2 Å². The van der Waals surface area contributed by atoms with E-state index in [0.29, 0.717) is 0 Å². The number of amides is 2. The molecule has 0 radical (unpaired) electrons. The molecule has 0 saturated heterocycles. The van der Waals surface area contributed by atoms with Gasteiger partial charge in [-0.15, -0.1) is 0 Å². The molecule has 4 nitrogen and oxygen atoms in total. The van der Waals surface area contributed by atoms with Gasteiger partial charge in [0.25, 0.3) is 0 Å². The Morgan fingerprint density at radius 3 is 2.17 bits per heavy atom. The van der Waals surface area contributed by atoms with Gasteiger partial charge in [-0.2, -0.15) is 0 Å². The Balaban J connectivity index is 2.46. The van der Waals surface area contributed by atoms with Gasteiger partial charge in [0.1, 0.15) is 0 Å². The average Bonchev–Trinajstić information content (AvgIpc) is 3.07. The van der Waals surface area contributed by atoms with Crippen LogP contribution in [0.15, 0.2) is 0 Å². The zero-order valence-electron chi connectivity index (χ0n) is 12.0. The molecule has 0 bridgehead atoms. The molecule has 18 heavy (non-hydrogen) atoms.